The quantitative estimate of drug-likeness (QED) is 0.352. The molecule has 2 aromatic carbocycles. The third-order valence-electron chi connectivity index (χ3n) is 3.49. The Hall–Kier alpha value is -1.65. The van der Waals surface area contributed by atoms with E-state index in [9.17, 15) is 8.42 Å². The number of primary sulfonamides is 1. The number of nitrogens with one attached hydrogen (secondary N) is 2. The summed E-state index contributed by atoms with van der Waals surface area (Å²) in [4.78, 5) is 4.26. The summed E-state index contributed by atoms with van der Waals surface area (Å²) in [5, 5.41) is 11.5. The molecule has 2 rings (SSSR count). The summed E-state index contributed by atoms with van der Waals surface area (Å²) in [5.74, 6) is 0.636. The topological polar surface area (TPSA) is 96.6 Å². The van der Waals surface area contributed by atoms with Gasteiger partial charge in [-0.2, -0.15) is 0 Å². The first kappa shape index (κ1) is 21.4. The van der Waals surface area contributed by atoms with Gasteiger partial charge in [0.2, 0.25) is 10.0 Å². The van der Waals surface area contributed by atoms with Crippen molar-refractivity contribution in [1.29, 1.82) is 0 Å². The van der Waals surface area contributed by atoms with Crippen LogP contribution in [0.2, 0.25) is 0 Å². The van der Waals surface area contributed by atoms with Crippen LogP contribution in [0.3, 0.4) is 0 Å². The van der Waals surface area contributed by atoms with Crippen LogP contribution in [0.4, 0.5) is 0 Å². The van der Waals surface area contributed by atoms with E-state index in [2.05, 4.69) is 39.9 Å². The molecule has 6 nitrogen and oxygen atoms in total. The first-order valence-corrected chi connectivity index (χ1v) is 9.05. The van der Waals surface area contributed by atoms with Crippen LogP contribution in [0.5, 0.6) is 0 Å². The predicted molar refractivity (Wildman–Crippen MR) is 111 cm³/mol. The maximum atomic E-state index is 11.4. The number of sulfonamides is 1. The van der Waals surface area contributed by atoms with Gasteiger partial charge >= 0.3 is 0 Å². The maximum Gasteiger partial charge on any atom is 0.238 e. The number of rotatable bonds is 5. The van der Waals surface area contributed by atoms with Crippen molar-refractivity contribution in [1.82, 2.24) is 10.6 Å². The number of benzene rings is 2. The molecule has 0 unspecified atom stereocenters. The molecule has 136 valence electrons. The number of nitrogens with zero attached hydrogens (tertiary/aromatic N) is 1. The SMILES string of the molecule is CN=C(NCc1ccc(C)cc1)NCc1cccc(S(N)(=O)=O)c1.I. The van der Waals surface area contributed by atoms with Gasteiger partial charge in [-0.05, 0) is 30.2 Å². The monoisotopic (exact) mass is 474 g/mol. The summed E-state index contributed by atoms with van der Waals surface area (Å²) in [5.41, 5.74) is 3.18. The Kier molecular flexibility index (Phi) is 8.33. The molecule has 8 heteroatoms. The van der Waals surface area contributed by atoms with E-state index in [0.717, 1.165) is 11.1 Å². The lowest BCUT2D eigenvalue weighted by Crippen LogP contribution is -2.36. The average Bonchev–Trinajstić information content (AvgIpc) is 2.56. The lowest BCUT2D eigenvalue weighted by molar-refractivity contribution is 0.597. The largest absolute Gasteiger partial charge is 0.352 e. The van der Waals surface area contributed by atoms with Crippen LogP contribution in [-0.2, 0) is 23.1 Å². The molecule has 0 aromatic heterocycles. The second-order valence-corrected chi connectivity index (χ2v) is 7.02. The molecule has 0 radical (unpaired) electrons. The molecule has 0 spiro atoms. The van der Waals surface area contributed by atoms with Gasteiger partial charge in [-0.1, -0.05) is 42.0 Å². The summed E-state index contributed by atoms with van der Waals surface area (Å²) in [6, 6.07) is 14.8. The van der Waals surface area contributed by atoms with Gasteiger partial charge in [0.1, 0.15) is 0 Å². The van der Waals surface area contributed by atoms with Crippen LogP contribution in [0.1, 0.15) is 16.7 Å². The maximum absolute atomic E-state index is 11.4. The van der Waals surface area contributed by atoms with E-state index in [0.29, 0.717) is 19.0 Å². The van der Waals surface area contributed by atoms with Crippen molar-refractivity contribution in [2.45, 2.75) is 24.9 Å². The minimum Gasteiger partial charge on any atom is -0.352 e. The summed E-state index contributed by atoms with van der Waals surface area (Å²) in [6.07, 6.45) is 0. The first-order valence-electron chi connectivity index (χ1n) is 7.50. The summed E-state index contributed by atoms with van der Waals surface area (Å²) >= 11 is 0. The number of aliphatic imine (C=N–C) groups is 1. The van der Waals surface area contributed by atoms with E-state index in [1.165, 1.54) is 11.6 Å². The normalized spacial score (nSPS) is 11.6. The van der Waals surface area contributed by atoms with Gasteiger partial charge in [-0.3, -0.25) is 4.99 Å². The molecule has 0 bridgehead atoms. The van der Waals surface area contributed by atoms with Crippen molar-refractivity contribution in [2.24, 2.45) is 10.1 Å². The highest BCUT2D eigenvalue weighted by Crippen LogP contribution is 2.09. The van der Waals surface area contributed by atoms with Gasteiger partial charge in [-0.15, -0.1) is 24.0 Å². The molecule has 0 heterocycles. The highest BCUT2D eigenvalue weighted by atomic mass is 127. The van der Waals surface area contributed by atoms with Crippen LogP contribution in [0.15, 0.2) is 58.4 Å². The molecule has 0 saturated carbocycles. The Balaban J connectivity index is 0.00000312. The van der Waals surface area contributed by atoms with E-state index in [1.807, 2.05) is 13.0 Å². The molecule has 0 atom stereocenters. The van der Waals surface area contributed by atoms with Crippen molar-refractivity contribution in [3.8, 4) is 0 Å². The first-order chi connectivity index (χ1) is 11.4. The van der Waals surface area contributed by atoms with E-state index in [1.54, 1.807) is 19.2 Å². The van der Waals surface area contributed by atoms with Crippen molar-refractivity contribution in [3.05, 3.63) is 65.2 Å². The zero-order valence-corrected chi connectivity index (χ0v) is 17.3. The molecule has 0 aliphatic rings. The van der Waals surface area contributed by atoms with Crippen molar-refractivity contribution in [2.75, 3.05) is 7.05 Å². The van der Waals surface area contributed by atoms with Gasteiger partial charge in [0, 0.05) is 20.1 Å². The van der Waals surface area contributed by atoms with Gasteiger partial charge in [-0.25, -0.2) is 13.6 Å². The Labute approximate surface area is 166 Å². The summed E-state index contributed by atoms with van der Waals surface area (Å²) in [7, 11) is -2.01. The molecule has 25 heavy (non-hydrogen) atoms. The van der Waals surface area contributed by atoms with Gasteiger partial charge in [0.25, 0.3) is 0 Å². The van der Waals surface area contributed by atoms with Gasteiger partial charge in [0.15, 0.2) is 5.96 Å². The second kappa shape index (κ2) is 9.73. The summed E-state index contributed by atoms with van der Waals surface area (Å²) in [6.45, 7) is 3.14. The van der Waals surface area contributed by atoms with E-state index in [4.69, 9.17) is 5.14 Å². The van der Waals surface area contributed by atoms with Crippen LogP contribution in [0.25, 0.3) is 0 Å². The van der Waals surface area contributed by atoms with Crippen LogP contribution in [0, 0.1) is 6.92 Å². The number of hydrogen-bond acceptors (Lipinski definition) is 3. The average molecular weight is 474 g/mol. The summed E-state index contributed by atoms with van der Waals surface area (Å²) < 4.78 is 22.8. The zero-order valence-electron chi connectivity index (χ0n) is 14.2. The lowest BCUT2D eigenvalue weighted by Gasteiger charge is -2.12. The Morgan fingerprint density at radius 2 is 1.64 bits per heavy atom. The van der Waals surface area contributed by atoms with Crippen LogP contribution in [-0.4, -0.2) is 21.4 Å². The number of halogens is 1. The smallest absolute Gasteiger partial charge is 0.238 e. The second-order valence-electron chi connectivity index (χ2n) is 5.46. The van der Waals surface area contributed by atoms with E-state index >= 15 is 0 Å². The standard InChI is InChI=1S/C17H22N4O2S.HI/c1-13-6-8-14(9-7-13)11-20-17(19-2)21-12-15-4-3-5-16(10-15)24(18,22)23;/h3-10H,11-12H2,1-2H3,(H2,18,22,23)(H2,19,20,21);1H. The zero-order chi connectivity index (χ0) is 17.6. The molecule has 4 N–H and O–H groups in total. The Morgan fingerprint density at radius 3 is 2.20 bits per heavy atom. The fraction of sp³-hybridized carbons (Fsp3) is 0.235. The van der Waals surface area contributed by atoms with Crippen molar-refractivity contribution >= 4 is 40.0 Å². The number of guanidine groups is 1. The molecule has 0 fully saturated rings. The molecule has 0 aliphatic carbocycles. The Morgan fingerprint density at radius 1 is 1.04 bits per heavy atom. The van der Waals surface area contributed by atoms with E-state index in [-0.39, 0.29) is 28.9 Å². The third-order valence-corrected chi connectivity index (χ3v) is 4.40. The molecule has 0 saturated heterocycles. The van der Waals surface area contributed by atoms with E-state index < -0.39 is 10.0 Å². The molecular weight excluding hydrogens is 451 g/mol. The third kappa shape index (κ3) is 7.00. The minimum atomic E-state index is -3.69. The Bertz CT molecular complexity index is 821. The lowest BCUT2D eigenvalue weighted by atomic mass is 10.1. The minimum absolute atomic E-state index is 0. The number of aryl methyl sites for hydroxylation is 1. The molecular formula is C17H23IN4O2S. The fourth-order valence-corrected chi connectivity index (χ4v) is 2.71. The fourth-order valence-electron chi connectivity index (χ4n) is 2.13. The molecule has 0 aliphatic heterocycles. The van der Waals surface area contributed by atoms with Crippen LogP contribution < -0.4 is 15.8 Å². The number of nitrogens with two attached hydrogens (primary N) is 1. The highest BCUT2D eigenvalue weighted by Gasteiger charge is 2.08. The predicted octanol–water partition coefficient (Wildman–Crippen LogP) is 2.13. The molecule has 0 amide bonds. The van der Waals surface area contributed by atoms with Gasteiger partial charge in [0.05, 0.1) is 4.90 Å². The number of hydrogen-bond donors (Lipinski definition) is 3. The molecule has 2 aromatic rings. The van der Waals surface area contributed by atoms with Gasteiger partial charge < -0.3 is 10.6 Å². The highest BCUT2D eigenvalue weighted by molar-refractivity contribution is 14.0. The van der Waals surface area contributed by atoms with Crippen LogP contribution >= 0.6 is 24.0 Å². The van der Waals surface area contributed by atoms with Crippen molar-refractivity contribution < 1.29 is 8.42 Å². The van der Waals surface area contributed by atoms with Crippen molar-refractivity contribution in [3.63, 3.8) is 0 Å².